The van der Waals surface area contributed by atoms with Crippen LogP contribution in [0, 0.1) is 0 Å². The number of nitrogens with zero attached hydrogens (tertiary/aromatic N) is 2. The third-order valence-corrected chi connectivity index (χ3v) is 9.52. The summed E-state index contributed by atoms with van der Waals surface area (Å²) in [6.45, 7) is 1.62. The minimum Gasteiger partial charge on any atom is -0.352 e. The molecule has 1 N–H and O–H groups in total. The zero-order valence-electron chi connectivity index (χ0n) is 22.7. The van der Waals surface area contributed by atoms with E-state index in [9.17, 15) is 18.0 Å². The second kappa shape index (κ2) is 13.9. The summed E-state index contributed by atoms with van der Waals surface area (Å²) >= 11 is 3.42. The molecule has 1 aliphatic rings. The molecule has 1 unspecified atom stereocenters. The van der Waals surface area contributed by atoms with Crippen molar-refractivity contribution < 1.29 is 18.0 Å². The lowest BCUT2D eigenvalue weighted by Crippen LogP contribution is -2.54. The molecule has 1 aliphatic carbocycles. The maximum absolute atomic E-state index is 14.1. The van der Waals surface area contributed by atoms with Crippen molar-refractivity contribution in [3.05, 3.63) is 95.0 Å². The molecular formula is C31H36BrN3O4S. The molecule has 0 heterocycles. The van der Waals surface area contributed by atoms with Crippen LogP contribution in [0.1, 0.15) is 51.0 Å². The van der Waals surface area contributed by atoms with Gasteiger partial charge in [0.15, 0.2) is 0 Å². The highest BCUT2D eigenvalue weighted by atomic mass is 79.9. The van der Waals surface area contributed by atoms with Crippen molar-refractivity contribution in [3.63, 3.8) is 0 Å². The second-order valence-electron chi connectivity index (χ2n) is 10.1. The molecule has 1 atom stereocenters. The largest absolute Gasteiger partial charge is 0.352 e. The van der Waals surface area contributed by atoms with E-state index >= 15 is 0 Å². The number of nitrogens with one attached hydrogen (secondary N) is 1. The van der Waals surface area contributed by atoms with Gasteiger partial charge < -0.3 is 10.2 Å². The van der Waals surface area contributed by atoms with E-state index in [4.69, 9.17) is 0 Å². The fourth-order valence-corrected chi connectivity index (χ4v) is 6.94. The fraction of sp³-hybridized carbons (Fsp3) is 0.355. The summed E-state index contributed by atoms with van der Waals surface area (Å²) in [5.41, 5.74) is 1.21. The predicted octanol–water partition coefficient (Wildman–Crippen LogP) is 5.90. The van der Waals surface area contributed by atoms with E-state index in [1.54, 1.807) is 42.5 Å². The van der Waals surface area contributed by atoms with Crippen molar-refractivity contribution in [1.29, 1.82) is 0 Å². The number of benzene rings is 3. The maximum atomic E-state index is 14.1. The standard InChI is InChI=1S/C31H36BrN3O4S/c1-2-29(31(37)33-26-16-8-4-9-17-26)34(22-24-13-6-3-7-14-24)30(36)23-35(27-18-12-15-25(32)21-27)40(38,39)28-19-10-5-11-20-28/h3,5-7,10-15,18-21,26,29H,2,4,8-9,16-17,22-23H2,1H3,(H,33,37). The maximum Gasteiger partial charge on any atom is 0.264 e. The summed E-state index contributed by atoms with van der Waals surface area (Å²) in [5, 5.41) is 3.17. The second-order valence-corrected chi connectivity index (χ2v) is 12.9. The number of anilines is 1. The van der Waals surface area contributed by atoms with Crippen LogP contribution in [0.2, 0.25) is 0 Å². The van der Waals surface area contributed by atoms with Crippen LogP contribution < -0.4 is 9.62 Å². The Hall–Kier alpha value is -3.17. The number of carbonyl (C=O) groups excluding carboxylic acids is 2. The van der Waals surface area contributed by atoms with Gasteiger partial charge >= 0.3 is 0 Å². The van der Waals surface area contributed by atoms with Crippen molar-refractivity contribution in [2.75, 3.05) is 10.8 Å². The first kappa shape index (κ1) is 29.8. The highest BCUT2D eigenvalue weighted by Gasteiger charge is 2.34. The van der Waals surface area contributed by atoms with Gasteiger partial charge in [-0.2, -0.15) is 0 Å². The molecule has 7 nitrogen and oxygen atoms in total. The van der Waals surface area contributed by atoms with Crippen molar-refractivity contribution in [2.45, 2.75) is 69.0 Å². The highest BCUT2D eigenvalue weighted by molar-refractivity contribution is 9.10. The van der Waals surface area contributed by atoms with E-state index in [2.05, 4.69) is 21.2 Å². The number of carbonyl (C=O) groups is 2. The Morgan fingerprint density at radius 2 is 1.57 bits per heavy atom. The zero-order valence-corrected chi connectivity index (χ0v) is 25.1. The average Bonchev–Trinajstić information content (AvgIpc) is 2.97. The molecule has 1 saturated carbocycles. The van der Waals surface area contributed by atoms with Crippen LogP contribution in [-0.4, -0.2) is 43.8 Å². The first-order valence-corrected chi connectivity index (χ1v) is 16.0. The lowest BCUT2D eigenvalue weighted by atomic mass is 9.95. The lowest BCUT2D eigenvalue weighted by molar-refractivity contribution is -0.140. The Morgan fingerprint density at radius 1 is 0.925 bits per heavy atom. The molecule has 0 bridgehead atoms. The third kappa shape index (κ3) is 7.52. The van der Waals surface area contributed by atoms with Crippen LogP contribution in [0.4, 0.5) is 5.69 Å². The van der Waals surface area contributed by atoms with Gasteiger partial charge in [0.25, 0.3) is 10.0 Å². The summed E-state index contributed by atoms with van der Waals surface area (Å²) < 4.78 is 29.5. The monoisotopic (exact) mass is 625 g/mol. The molecule has 4 rings (SSSR count). The van der Waals surface area contributed by atoms with Gasteiger partial charge in [0.2, 0.25) is 11.8 Å². The average molecular weight is 627 g/mol. The Morgan fingerprint density at radius 3 is 2.20 bits per heavy atom. The number of hydrogen-bond donors (Lipinski definition) is 1. The number of amides is 2. The summed E-state index contributed by atoms with van der Waals surface area (Å²) in [5.74, 6) is -0.646. The fourth-order valence-electron chi connectivity index (χ4n) is 5.12. The highest BCUT2D eigenvalue weighted by Crippen LogP contribution is 2.27. The predicted molar refractivity (Wildman–Crippen MR) is 161 cm³/mol. The summed E-state index contributed by atoms with van der Waals surface area (Å²) in [6.07, 6.45) is 5.59. The van der Waals surface area contributed by atoms with Gasteiger partial charge in [0.05, 0.1) is 10.6 Å². The van der Waals surface area contributed by atoms with Gasteiger partial charge in [-0.3, -0.25) is 13.9 Å². The Kier molecular flexibility index (Phi) is 10.4. The molecular weight excluding hydrogens is 590 g/mol. The van der Waals surface area contributed by atoms with E-state index in [-0.39, 0.29) is 23.4 Å². The Balaban J connectivity index is 1.68. The van der Waals surface area contributed by atoms with Gasteiger partial charge in [-0.25, -0.2) is 8.42 Å². The molecule has 3 aromatic carbocycles. The summed E-state index contributed by atoms with van der Waals surface area (Å²) in [6, 6.07) is 23.7. The summed E-state index contributed by atoms with van der Waals surface area (Å²) in [7, 11) is -4.08. The minimum atomic E-state index is -4.08. The first-order valence-electron chi connectivity index (χ1n) is 13.8. The van der Waals surface area contributed by atoms with Gasteiger partial charge in [-0.1, -0.05) is 96.7 Å². The first-order chi connectivity index (χ1) is 19.3. The van der Waals surface area contributed by atoms with Crippen LogP contribution in [0.5, 0.6) is 0 Å². The van der Waals surface area contributed by atoms with Crippen molar-refractivity contribution in [3.8, 4) is 0 Å². The molecule has 0 saturated heterocycles. The van der Waals surface area contributed by atoms with Gasteiger partial charge in [0, 0.05) is 17.1 Å². The quantitative estimate of drug-likeness (QED) is 0.287. The summed E-state index contributed by atoms with van der Waals surface area (Å²) in [4.78, 5) is 29.3. The molecule has 9 heteroatoms. The van der Waals surface area contributed by atoms with E-state index in [0.717, 1.165) is 35.6 Å². The number of halogens is 1. The molecule has 0 aliphatic heterocycles. The van der Waals surface area contributed by atoms with Crippen LogP contribution >= 0.6 is 15.9 Å². The Labute approximate surface area is 245 Å². The zero-order chi connectivity index (χ0) is 28.5. The van der Waals surface area contributed by atoms with E-state index in [0.29, 0.717) is 16.6 Å². The molecule has 0 aromatic heterocycles. The van der Waals surface area contributed by atoms with Crippen molar-refractivity contribution in [2.24, 2.45) is 0 Å². The van der Waals surface area contributed by atoms with E-state index < -0.39 is 28.5 Å². The van der Waals surface area contributed by atoms with E-state index in [1.807, 2.05) is 37.3 Å². The number of rotatable bonds is 11. The third-order valence-electron chi connectivity index (χ3n) is 7.24. The molecule has 0 spiro atoms. The normalized spacial score (nSPS) is 14.8. The van der Waals surface area contributed by atoms with Crippen molar-refractivity contribution >= 4 is 43.5 Å². The Bertz CT molecular complexity index is 1380. The molecule has 0 radical (unpaired) electrons. The molecule has 212 valence electrons. The van der Waals surface area contributed by atoms with Crippen LogP contribution in [0.15, 0.2) is 94.3 Å². The molecule has 40 heavy (non-hydrogen) atoms. The minimum absolute atomic E-state index is 0.0828. The smallest absolute Gasteiger partial charge is 0.264 e. The topological polar surface area (TPSA) is 86.8 Å². The molecule has 2 amide bonds. The van der Waals surface area contributed by atoms with Crippen LogP contribution in [0.3, 0.4) is 0 Å². The molecule has 1 fully saturated rings. The SMILES string of the molecule is CCC(C(=O)NC1CCCCC1)N(Cc1ccccc1)C(=O)CN(c1cccc(Br)c1)S(=O)(=O)c1ccccc1. The van der Waals surface area contributed by atoms with Gasteiger partial charge in [0.1, 0.15) is 12.6 Å². The number of hydrogen-bond acceptors (Lipinski definition) is 4. The van der Waals surface area contributed by atoms with Crippen LogP contribution in [0.25, 0.3) is 0 Å². The van der Waals surface area contributed by atoms with Crippen LogP contribution in [-0.2, 0) is 26.2 Å². The van der Waals surface area contributed by atoms with Gasteiger partial charge in [-0.15, -0.1) is 0 Å². The molecule has 3 aromatic rings. The lowest BCUT2D eigenvalue weighted by Gasteiger charge is -2.34. The van der Waals surface area contributed by atoms with Crippen molar-refractivity contribution in [1.82, 2.24) is 10.2 Å². The van der Waals surface area contributed by atoms with Gasteiger partial charge in [-0.05, 0) is 55.2 Å². The number of sulfonamides is 1. The van der Waals surface area contributed by atoms with E-state index in [1.165, 1.54) is 23.5 Å².